The number of methoxy groups -OCH3 is 1. The molecule has 0 radical (unpaired) electrons. The van der Waals surface area contributed by atoms with E-state index in [4.69, 9.17) is 25.8 Å². The minimum atomic E-state index is 0.469. The summed E-state index contributed by atoms with van der Waals surface area (Å²) in [7, 11) is 1.62. The van der Waals surface area contributed by atoms with Crippen LogP contribution in [0.1, 0.15) is 25.3 Å². The second kappa shape index (κ2) is 9.06. The van der Waals surface area contributed by atoms with Gasteiger partial charge in [0.25, 0.3) is 0 Å². The normalized spacial score (nSPS) is 10.4. The van der Waals surface area contributed by atoms with Gasteiger partial charge in [-0.25, -0.2) is 0 Å². The van der Waals surface area contributed by atoms with Gasteiger partial charge < -0.3 is 14.2 Å². The zero-order chi connectivity index (χ0) is 13.2. The molecule has 1 rings (SSSR count). The first kappa shape index (κ1) is 15.1. The highest BCUT2D eigenvalue weighted by Gasteiger charge is 2.05. The molecule has 3 nitrogen and oxygen atoms in total. The summed E-state index contributed by atoms with van der Waals surface area (Å²) < 4.78 is 16.3. The minimum absolute atomic E-state index is 0.469. The van der Waals surface area contributed by atoms with E-state index in [1.165, 1.54) is 0 Å². The number of rotatable bonds is 9. The summed E-state index contributed by atoms with van der Waals surface area (Å²) in [5.74, 6) is 1.91. The van der Waals surface area contributed by atoms with Crippen molar-refractivity contribution in [2.75, 3.05) is 26.9 Å². The van der Waals surface area contributed by atoms with E-state index in [0.29, 0.717) is 24.8 Å². The quantitative estimate of drug-likeness (QED) is 0.507. The first-order chi connectivity index (χ1) is 8.81. The number of alkyl halides is 1. The van der Waals surface area contributed by atoms with Crippen LogP contribution in [0.25, 0.3) is 0 Å². The average molecular weight is 273 g/mol. The van der Waals surface area contributed by atoms with E-state index in [1.807, 2.05) is 18.2 Å². The monoisotopic (exact) mass is 272 g/mol. The van der Waals surface area contributed by atoms with Gasteiger partial charge in [-0.15, -0.1) is 11.6 Å². The Morgan fingerprint density at radius 3 is 2.61 bits per heavy atom. The van der Waals surface area contributed by atoms with Crippen LogP contribution in [-0.2, 0) is 10.6 Å². The molecule has 18 heavy (non-hydrogen) atoms. The molecule has 102 valence electrons. The molecule has 0 atom stereocenters. The number of benzene rings is 1. The molecule has 1 aromatic rings. The van der Waals surface area contributed by atoms with Crippen LogP contribution < -0.4 is 9.47 Å². The van der Waals surface area contributed by atoms with Crippen molar-refractivity contribution in [2.45, 2.75) is 25.6 Å². The fraction of sp³-hybridized carbons (Fsp3) is 0.571. The van der Waals surface area contributed by atoms with Gasteiger partial charge in [-0.3, -0.25) is 0 Å². The van der Waals surface area contributed by atoms with Crippen molar-refractivity contribution in [1.82, 2.24) is 0 Å². The largest absolute Gasteiger partial charge is 0.493 e. The first-order valence-electron chi connectivity index (χ1n) is 6.25. The summed E-state index contributed by atoms with van der Waals surface area (Å²) in [5, 5.41) is 0. The molecule has 0 N–H and O–H groups in total. The van der Waals surface area contributed by atoms with Gasteiger partial charge in [0.1, 0.15) is 6.61 Å². The van der Waals surface area contributed by atoms with Crippen molar-refractivity contribution in [3.63, 3.8) is 0 Å². The van der Waals surface area contributed by atoms with Gasteiger partial charge >= 0.3 is 0 Å². The van der Waals surface area contributed by atoms with Gasteiger partial charge in [-0.05, 0) is 24.1 Å². The van der Waals surface area contributed by atoms with Crippen molar-refractivity contribution in [3.05, 3.63) is 23.8 Å². The Bertz CT molecular complexity index is 342. The standard InChI is InChI=1S/C14H21ClO3/c1-3-4-7-17-8-9-18-13-6-5-12(11-15)10-14(13)16-2/h5-6,10H,3-4,7-9,11H2,1-2H3. The highest BCUT2D eigenvalue weighted by Crippen LogP contribution is 2.28. The first-order valence-corrected chi connectivity index (χ1v) is 6.78. The Morgan fingerprint density at radius 2 is 1.94 bits per heavy atom. The van der Waals surface area contributed by atoms with Crippen LogP contribution in [0.4, 0.5) is 0 Å². The number of ether oxygens (including phenoxy) is 3. The molecule has 4 heteroatoms. The summed E-state index contributed by atoms with van der Waals surface area (Å²) in [5.41, 5.74) is 1.01. The molecule has 0 unspecified atom stereocenters. The molecular weight excluding hydrogens is 252 g/mol. The van der Waals surface area contributed by atoms with Gasteiger partial charge in [0.2, 0.25) is 0 Å². The fourth-order valence-corrected chi connectivity index (χ4v) is 1.64. The Kier molecular flexibility index (Phi) is 7.62. The topological polar surface area (TPSA) is 27.7 Å². The number of hydrogen-bond donors (Lipinski definition) is 0. The highest BCUT2D eigenvalue weighted by atomic mass is 35.5. The molecule has 0 aliphatic rings. The Labute approximate surface area is 114 Å². The van der Waals surface area contributed by atoms with E-state index in [-0.39, 0.29) is 0 Å². The lowest BCUT2D eigenvalue weighted by atomic mass is 10.2. The van der Waals surface area contributed by atoms with Crippen molar-refractivity contribution >= 4 is 11.6 Å². The maximum Gasteiger partial charge on any atom is 0.161 e. The molecule has 1 aromatic carbocycles. The van der Waals surface area contributed by atoms with E-state index in [2.05, 4.69) is 6.92 Å². The van der Waals surface area contributed by atoms with E-state index < -0.39 is 0 Å². The molecule has 0 amide bonds. The average Bonchev–Trinajstić information content (AvgIpc) is 2.42. The summed E-state index contributed by atoms with van der Waals surface area (Å²) in [6.45, 7) is 4.06. The van der Waals surface area contributed by atoms with E-state index >= 15 is 0 Å². The SMILES string of the molecule is CCCCOCCOc1ccc(CCl)cc1OC. The summed E-state index contributed by atoms with van der Waals surface area (Å²) in [4.78, 5) is 0. The number of unbranched alkanes of at least 4 members (excludes halogenated alkanes) is 1. The lowest BCUT2D eigenvalue weighted by Crippen LogP contribution is -2.08. The zero-order valence-electron chi connectivity index (χ0n) is 11.1. The lowest BCUT2D eigenvalue weighted by molar-refractivity contribution is 0.0970. The Hall–Kier alpha value is -0.930. The molecule has 0 fully saturated rings. The van der Waals surface area contributed by atoms with E-state index in [0.717, 1.165) is 30.8 Å². The maximum atomic E-state index is 5.77. The highest BCUT2D eigenvalue weighted by molar-refractivity contribution is 6.17. The van der Waals surface area contributed by atoms with Crippen molar-refractivity contribution < 1.29 is 14.2 Å². The third-order valence-electron chi connectivity index (χ3n) is 2.51. The molecular formula is C14H21ClO3. The third-order valence-corrected chi connectivity index (χ3v) is 2.82. The van der Waals surface area contributed by atoms with Gasteiger partial charge in [-0.2, -0.15) is 0 Å². The fourth-order valence-electron chi connectivity index (χ4n) is 1.47. The van der Waals surface area contributed by atoms with Crippen molar-refractivity contribution in [1.29, 1.82) is 0 Å². The molecule has 0 aromatic heterocycles. The zero-order valence-corrected chi connectivity index (χ0v) is 11.8. The maximum absolute atomic E-state index is 5.77. The summed E-state index contributed by atoms with van der Waals surface area (Å²) in [6.07, 6.45) is 2.24. The molecule has 0 aliphatic carbocycles. The second-order valence-corrected chi connectivity index (χ2v) is 4.20. The molecule has 0 saturated heterocycles. The molecule has 0 heterocycles. The predicted molar refractivity (Wildman–Crippen MR) is 73.8 cm³/mol. The molecule has 0 bridgehead atoms. The Balaban J connectivity index is 2.37. The summed E-state index contributed by atoms with van der Waals surface area (Å²) >= 11 is 5.77. The van der Waals surface area contributed by atoms with Gasteiger partial charge in [-0.1, -0.05) is 19.4 Å². The van der Waals surface area contributed by atoms with Crippen LogP contribution >= 0.6 is 11.6 Å². The molecule has 0 spiro atoms. The molecule has 0 aliphatic heterocycles. The van der Waals surface area contributed by atoms with Crippen LogP contribution in [0.2, 0.25) is 0 Å². The minimum Gasteiger partial charge on any atom is -0.493 e. The van der Waals surface area contributed by atoms with E-state index in [9.17, 15) is 0 Å². The number of halogens is 1. The lowest BCUT2D eigenvalue weighted by Gasteiger charge is -2.11. The van der Waals surface area contributed by atoms with Crippen LogP contribution in [0.3, 0.4) is 0 Å². The second-order valence-electron chi connectivity index (χ2n) is 3.93. The molecule has 0 saturated carbocycles. The van der Waals surface area contributed by atoms with Crippen LogP contribution in [0.15, 0.2) is 18.2 Å². The van der Waals surface area contributed by atoms with E-state index in [1.54, 1.807) is 7.11 Å². The number of hydrogen-bond acceptors (Lipinski definition) is 3. The predicted octanol–water partition coefficient (Wildman–Crippen LogP) is 3.63. The Morgan fingerprint density at radius 1 is 1.11 bits per heavy atom. The smallest absolute Gasteiger partial charge is 0.161 e. The van der Waals surface area contributed by atoms with Crippen LogP contribution in [0.5, 0.6) is 11.5 Å². The van der Waals surface area contributed by atoms with Crippen molar-refractivity contribution in [3.8, 4) is 11.5 Å². The summed E-state index contributed by atoms with van der Waals surface area (Å²) in [6, 6.07) is 5.70. The third kappa shape index (κ3) is 5.15. The van der Waals surface area contributed by atoms with Gasteiger partial charge in [0, 0.05) is 12.5 Å². The van der Waals surface area contributed by atoms with Gasteiger partial charge in [0.15, 0.2) is 11.5 Å². The van der Waals surface area contributed by atoms with Crippen molar-refractivity contribution in [2.24, 2.45) is 0 Å². The van der Waals surface area contributed by atoms with Crippen LogP contribution in [-0.4, -0.2) is 26.9 Å². The van der Waals surface area contributed by atoms with Gasteiger partial charge in [0.05, 0.1) is 13.7 Å². The van der Waals surface area contributed by atoms with Crippen LogP contribution in [0, 0.1) is 0 Å².